The zero-order chi connectivity index (χ0) is 17.2. The van der Waals surface area contributed by atoms with Gasteiger partial charge in [-0.3, -0.25) is 9.78 Å². The molecule has 0 aliphatic carbocycles. The molecule has 1 aliphatic rings. The highest BCUT2D eigenvalue weighted by atomic mass is 32.1. The van der Waals surface area contributed by atoms with Crippen LogP contribution >= 0.6 is 11.3 Å². The van der Waals surface area contributed by atoms with E-state index in [2.05, 4.69) is 16.9 Å². The molecule has 3 heterocycles. The lowest BCUT2D eigenvalue weighted by Gasteiger charge is -2.31. The number of quaternary nitrogens is 1. The molecule has 0 radical (unpaired) electrons. The van der Waals surface area contributed by atoms with Crippen LogP contribution in [0.15, 0.2) is 42.6 Å². The molecule has 2 aromatic heterocycles. The summed E-state index contributed by atoms with van der Waals surface area (Å²) >= 11 is 1.58. The first-order chi connectivity index (χ1) is 12.3. The van der Waals surface area contributed by atoms with E-state index in [1.807, 2.05) is 41.3 Å². The number of fused-ring (bicyclic) bond motifs is 1. The summed E-state index contributed by atoms with van der Waals surface area (Å²) in [5.74, 6) is 0.0671. The molecule has 6 heteroatoms. The highest BCUT2D eigenvalue weighted by Gasteiger charge is 2.26. The molecular formula is C19H21N4OS+. The quantitative estimate of drug-likeness (QED) is 0.780. The fourth-order valence-corrected chi connectivity index (χ4v) is 4.25. The summed E-state index contributed by atoms with van der Waals surface area (Å²) in [6.07, 6.45) is 1.73. The third-order valence-electron chi connectivity index (χ3n) is 4.79. The minimum atomic E-state index is 0.0671. The smallest absolute Gasteiger partial charge is 0.256 e. The minimum Gasteiger partial charge on any atom is -0.332 e. The van der Waals surface area contributed by atoms with Gasteiger partial charge in [-0.1, -0.05) is 12.1 Å². The summed E-state index contributed by atoms with van der Waals surface area (Å²) in [5.41, 5.74) is 2.30. The molecule has 1 aromatic carbocycles. The molecular weight excluding hydrogens is 332 g/mol. The first-order valence-corrected chi connectivity index (χ1v) is 9.51. The zero-order valence-corrected chi connectivity index (χ0v) is 15.1. The van der Waals surface area contributed by atoms with Crippen molar-refractivity contribution < 1.29 is 9.69 Å². The molecule has 4 rings (SSSR count). The van der Waals surface area contributed by atoms with Crippen LogP contribution in [-0.4, -0.2) is 53.5 Å². The van der Waals surface area contributed by atoms with Crippen LogP contribution in [0.1, 0.15) is 17.3 Å². The van der Waals surface area contributed by atoms with Gasteiger partial charge in [-0.25, -0.2) is 4.98 Å². The number of thiazole rings is 1. The van der Waals surface area contributed by atoms with E-state index in [0.717, 1.165) is 47.9 Å². The molecule has 0 atom stereocenters. The summed E-state index contributed by atoms with van der Waals surface area (Å²) in [7, 11) is 0. The average molecular weight is 353 g/mol. The Bertz CT molecular complexity index is 866. The molecule has 0 spiro atoms. The second kappa shape index (κ2) is 6.90. The maximum absolute atomic E-state index is 13.1. The highest BCUT2D eigenvalue weighted by molar-refractivity contribution is 7.21. The maximum Gasteiger partial charge on any atom is 0.256 e. The second-order valence-electron chi connectivity index (χ2n) is 6.28. The van der Waals surface area contributed by atoms with Gasteiger partial charge in [0, 0.05) is 6.20 Å². The first-order valence-electron chi connectivity index (χ1n) is 8.70. The number of aromatic nitrogens is 2. The van der Waals surface area contributed by atoms with Crippen LogP contribution in [0, 0.1) is 0 Å². The van der Waals surface area contributed by atoms with Gasteiger partial charge in [0.15, 0.2) is 0 Å². The zero-order valence-electron chi connectivity index (χ0n) is 14.2. The molecule has 1 aliphatic heterocycles. The molecule has 5 nitrogen and oxygen atoms in total. The third-order valence-corrected chi connectivity index (χ3v) is 5.84. The normalized spacial score (nSPS) is 15.6. The van der Waals surface area contributed by atoms with Crippen LogP contribution in [-0.2, 0) is 0 Å². The molecule has 1 saturated heterocycles. The SMILES string of the molecule is CC[NH+]1CCN(C(=O)c2cccnc2-c2nc3ccccc3s2)CC1. The predicted molar refractivity (Wildman–Crippen MR) is 100.0 cm³/mol. The molecule has 0 saturated carbocycles. The molecule has 0 bridgehead atoms. The van der Waals surface area contributed by atoms with Crippen molar-refractivity contribution in [1.82, 2.24) is 14.9 Å². The van der Waals surface area contributed by atoms with Crippen LogP contribution in [0.3, 0.4) is 0 Å². The van der Waals surface area contributed by atoms with Crippen molar-refractivity contribution in [2.45, 2.75) is 6.92 Å². The van der Waals surface area contributed by atoms with E-state index in [4.69, 9.17) is 0 Å². The number of carbonyl (C=O) groups is 1. The number of rotatable bonds is 3. The lowest BCUT2D eigenvalue weighted by Crippen LogP contribution is -3.14. The van der Waals surface area contributed by atoms with Crippen LogP contribution in [0.5, 0.6) is 0 Å². The molecule has 1 amide bonds. The topological polar surface area (TPSA) is 50.5 Å². The molecule has 128 valence electrons. The van der Waals surface area contributed by atoms with Gasteiger partial charge >= 0.3 is 0 Å². The van der Waals surface area contributed by atoms with Crippen LogP contribution in [0.4, 0.5) is 0 Å². The molecule has 0 unspecified atom stereocenters. The van der Waals surface area contributed by atoms with Crippen molar-refractivity contribution in [3.63, 3.8) is 0 Å². The summed E-state index contributed by atoms with van der Waals surface area (Å²) in [6.45, 7) is 6.94. The van der Waals surface area contributed by atoms with E-state index in [9.17, 15) is 4.79 Å². The van der Waals surface area contributed by atoms with Gasteiger partial charge in [0.1, 0.15) is 10.7 Å². The monoisotopic (exact) mass is 353 g/mol. The van der Waals surface area contributed by atoms with Gasteiger partial charge < -0.3 is 9.80 Å². The largest absolute Gasteiger partial charge is 0.332 e. The molecule has 1 fully saturated rings. The van der Waals surface area contributed by atoms with E-state index in [1.54, 1.807) is 22.4 Å². The number of piperazine rings is 1. The molecule has 1 N–H and O–H groups in total. The average Bonchev–Trinajstić information content (AvgIpc) is 3.11. The Morgan fingerprint density at radius 2 is 2.00 bits per heavy atom. The van der Waals surface area contributed by atoms with E-state index in [0.29, 0.717) is 11.3 Å². The van der Waals surface area contributed by atoms with E-state index < -0.39 is 0 Å². The summed E-state index contributed by atoms with van der Waals surface area (Å²) in [5, 5.41) is 0.808. The van der Waals surface area contributed by atoms with Crippen LogP contribution < -0.4 is 4.90 Å². The Labute approximate surface area is 150 Å². The van der Waals surface area contributed by atoms with Crippen molar-refractivity contribution in [1.29, 1.82) is 0 Å². The summed E-state index contributed by atoms with van der Waals surface area (Å²) < 4.78 is 1.11. The first kappa shape index (κ1) is 16.2. The van der Waals surface area contributed by atoms with Gasteiger partial charge in [0.2, 0.25) is 0 Å². The van der Waals surface area contributed by atoms with Crippen molar-refractivity contribution in [2.75, 3.05) is 32.7 Å². The standard InChI is InChI=1S/C19H20N4OS/c1-2-22-10-12-23(13-11-22)19(24)14-6-5-9-20-17(14)18-21-15-7-3-4-8-16(15)25-18/h3-9H,2,10-13H2,1H3/p+1. The van der Waals surface area contributed by atoms with Gasteiger partial charge in [-0.05, 0) is 31.2 Å². The number of carbonyl (C=O) groups excluding carboxylic acids is 1. The van der Waals surface area contributed by atoms with Crippen LogP contribution in [0.2, 0.25) is 0 Å². The number of amides is 1. The number of hydrogen-bond donors (Lipinski definition) is 1. The fourth-order valence-electron chi connectivity index (χ4n) is 3.27. The van der Waals surface area contributed by atoms with Gasteiger partial charge in [0.05, 0.1) is 48.5 Å². The van der Waals surface area contributed by atoms with Crippen LogP contribution in [0.25, 0.3) is 20.9 Å². The Morgan fingerprint density at radius 1 is 1.20 bits per heavy atom. The number of nitrogens with zero attached hydrogens (tertiary/aromatic N) is 3. The lowest BCUT2D eigenvalue weighted by atomic mass is 10.1. The third kappa shape index (κ3) is 3.15. The fraction of sp³-hybridized carbons (Fsp3) is 0.316. The minimum absolute atomic E-state index is 0.0671. The van der Waals surface area contributed by atoms with Crippen molar-refractivity contribution in [2.24, 2.45) is 0 Å². The Hall–Kier alpha value is -2.31. The number of hydrogen-bond acceptors (Lipinski definition) is 4. The van der Waals surface area contributed by atoms with Gasteiger partial charge in [0.25, 0.3) is 5.91 Å². The Kier molecular flexibility index (Phi) is 4.46. The van der Waals surface area contributed by atoms with Crippen molar-refractivity contribution in [3.8, 4) is 10.7 Å². The number of pyridine rings is 1. The molecule has 3 aromatic rings. The lowest BCUT2D eigenvalue weighted by molar-refractivity contribution is -0.902. The van der Waals surface area contributed by atoms with Gasteiger partial charge in [-0.15, -0.1) is 11.3 Å². The van der Waals surface area contributed by atoms with Crippen molar-refractivity contribution >= 4 is 27.5 Å². The molecule has 25 heavy (non-hydrogen) atoms. The second-order valence-corrected chi connectivity index (χ2v) is 7.31. The Balaban J connectivity index is 1.66. The number of nitrogens with one attached hydrogen (secondary N) is 1. The van der Waals surface area contributed by atoms with E-state index >= 15 is 0 Å². The maximum atomic E-state index is 13.1. The van der Waals surface area contributed by atoms with E-state index in [-0.39, 0.29) is 5.91 Å². The van der Waals surface area contributed by atoms with Crippen molar-refractivity contribution in [3.05, 3.63) is 48.2 Å². The highest BCUT2D eigenvalue weighted by Crippen LogP contribution is 2.31. The van der Waals surface area contributed by atoms with Gasteiger partial charge in [-0.2, -0.15) is 0 Å². The number of likely N-dealkylation sites (N-methyl/N-ethyl adjacent to an activating group) is 1. The summed E-state index contributed by atoms with van der Waals surface area (Å²) in [4.78, 5) is 25.7. The summed E-state index contributed by atoms with van der Waals surface area (Å²) in [6, 6.07) is 11.7. The predicted octanol–water partition coefficient (Wildman–Crippen LogP) is 1.72. The number of para-hydroxylation sites is 1. The Morgan fingerprint density at radius 3 is 2.76 bits per heavy atom. The number of benzene rings is 1. The van der Waals surface area contributed by atoms with E-state index in [1.165, 1.54) is 0 Å².